The van der Waals surface area contributed by atoms with Gasteiger partial charge in [0.25, 0.3) is 0 Å². The van der Waals surface area contributed by atoms with Gasteiger partial charge in [-0.3, -0.25) is 0 Å². The molecule has 1 atom stereocenters. The summed E-state index contributed by atoms with van der Waals surface area (Å²) in [6.45, 7) is 2.26. The van der Waals surface area contributed by atoms with Crippen molar-refractivity contribution in [1.82, 2.24) is 0 Å². The summed E-state index contributed by atoms with van der Waals surface area (Å²) in [5, 5.41) is 10.0. The first-order chi connectivity index (χ1) is 9.34. The summed E-state index contributed by atoms with van der Waals surface area (Å²) >= 11 is 0. The number of hydrogen-bond donors (Lipinski definition) is 1. The Kier molecular flexibility index (Phi) is 9.44. The molecular weight excluding hydrogens is 232 g/mol. The second-order valence-electron chi connectivity index (χ2n) is 5.54. The lowest BCUT2D eigenvalue weighted by Crippen LogP contribution is -1.96. The molecule has 0 saturated carbocycles. The van der Waals surface area contributed by atoms with Crippen molar-refractivity contribution in [3.63, 3.8) is 0 Å². The predicted molar refractivity (Wildman–Crippen MR) is 83.2 cm³/mol. The Morgan fingerprint density at radius 3 is 1.89 bits per heavy atom. The minimum atomic E-state index is -0.272. The number of unbranched alkanes of at least 4 members (excludes halogenated alkanes) is 8. The van der Waals surface area contributed by atoms with Crippen molar-refractivity contribution in [3.05, 3.63) is 35.9 Å². The largest absolute Gasteiger partial charge is 0.388 e. The molecule has 108 valence electrons. The van der Waals surface area contributed by atoms with Gasteiger partial charge in [-0.2, -0.15) is 0 Å². The van der Waals surface area contributed by atoms with E-state index >= 15 is 0 Å². The number of aliphatic hydroxyl groups is 1. The highest BCUT2D eigenvalue weighted by atomic mass is 16.3. The molecule has 1 aromatic rings. The Bertz CT molecular complexity index is 294. The summed E-state index contributed by atoms with van der Waals surface area (Å²) in [6, 6.07) is 10.0. The fourth-order valence-electron chi connectivity index (χ4n) is 2.49. The van der Waals surface area contributed by atoms with Crippen molar-refractivity contribution in [2.75, 3.05) is 0 Å². The van der Waals surface area contributed by atoms with Gasteiger partial charge in [0.2, 0.25) is 0 Å². The van der Waals surface area contributed by atoms with Gasteiger partial charge in [-0.1, -0.05) is 95.0 Å². The lowest BCUT2D eigenvalue weighted by Gasteiger charge is -2.10. The number of aliphatic hydroxyl groups excluding tert-OH is 1. The molecule has 1 aromatic carbocycles. The lowest BCUT2D eigenvalue weighted by molar-refractivity contribution is 0.163. The Morgan fingerprint density at radius 2 is 1.32 bits per heavy atom. The molecule has 0 spiro atoms. The van der Waals surface area contributed by atoms with Crippen LogP contribution in [0, 0.1) is 0 Å². The Hall–Kier alpha value is -0.820. The van der Waals surface area contributed by atoms with Crippen molar-refractivity contribution in [3.8, 4) is 0 Å². The van der Waals surface area contributed by atoms with E-state index in [0.717, 1.165) is 18.4 Å². The standard InChI is InChI=1S/C18H30O/c1-2-3-4-5-6-7-8-9-13-16-18(19)17-14-11-10-12-15-17/h10-12,14-15,18-19H,2-9,13,16H2,1H3/t18-/m1/s1. The Morgan fingerprint density at radius 1 is 0.789 bits per heavy atom. The fraction of sp³-hybridized carbons (Fsp3) is 0.667. The zero-order chi connectivity index (χ0) is 13.8. The molecule has 0 aliphatic heterocycles. The normalized spacial score (nSPS) is 12.5. The maximum absolute atomic E-state index is 10.0. The van der Waals surface area contributed by atoms with E-state index in [1.54, 1.807) is 0 Å². The quantitative estimate of drug-likeness (QED) is 0.512. The van der Waals surface area contributed by atoms with E-state index < -0.39 is 0 Å². The minimum Gasteiger partial charge on any atom is -0.388 e. The highest BCUT2D eigenvalue weighted by Gasteiger charge is 2.05. The minimum absolute atomic E-state index is 0.272. The second kappa shape index (κ2) is 11.0. The summed E-state index contributed by atoms with van der Waals surface area (Å²) in [5.74, 6) is 0. The molecule has 0 aliphatic rings. The third kappa shape index (κ3) is 8.05. The highest BCUT2D eigenvalue weighted by molar-refractivity contribution is 5.16. The number of hydrogen-bond acceptors (Lipinski definition) is 1. The maximum atomic E-state index is 10.0. The molecule has 0 saturated heterocycles. The van der Waals surface area contributed by atoms with Crippen LogP contribution in [0.2, 0.25) is 0 Å². The molecule has 0 bridgehead atoms. The van der Waals surface area contributed by atoms with Gasteiger partial charge in [0.05, 0.1) is 6.10 Å². The molecule has 1 rings (SSSR count). The van der Waals surface area contributed by atoms with Crippen LogP contribution in [-0.4, -0.2) is 5.11 Å². The van der Waals surface area contributed by atoms with E-state index in [4.69, 9.17) is 0 Å². The van der Waals surface area contributed by atoms with Gasteiger partial charge in [0, 0.05) is 0 Å². The Labute approximate surface area is 119 Å². The summed E-state index contributed by atoms with van der Waals surface area (Å²) in [7, 11) is 0. The van der Waals surface area contributed by atoms with Gasteiger partial charge >= 0.3 is 0 Å². The van der Waals surface area contributed by atoms with Crippen LogP contribution in [0.5, 0.6) is 0 Å². The smallest absolute Gasteiger partial charge is 0.0790 e. The molecule has 0 radical (unpaired) electrons. The molecule has 1 heteroatoms. The third-order valence-corrected chi connectivity index (χ3v) is 3.77. The number of rotatable bonds is 11. The predicted octanol–water partition coefficient (Wildman–Crippen LogP) is 5.64. The SMILES string of the molecule is CCCCCCCCCCC[C@@H](O)c1ccccc1. The average molecular weight is 262 g/mol. The summed E-state index contributed by atoms with van der Waals surface area (Å²) < 4.78 is 0. The van der Waals surface area contributed by atoms with E-state index in [0.29, 0.717) is 0 Å². The van der Waals surface area contributed by atoms with Crippen molar-refractivity contribution < 1.29 is 5.11 Å². The van der Waals surface area contributed by atoms with Crippen LogP contribution in [0.4, 0.5) is 0 Å². The molecule has 0 amide bonds. The van der Waals surface area contributed by atoms with Crippen LogP contribution in [0.25, 0.3) is 0 Å². The molecule has 0 unspecified atom stereocenters. The maximum Gasteiger partial charge on any atom is 0.0790 e. The first-order valence-electron chi connectivity index (χ1n) is 8.07. The molecule has 1 nitrogen and oxygen atoms in total. The van der Waals surface area contributed by atoms with Crippen molar-refractivity contribution >= 4 is 0 Å². The van der Waals surface area contributed by atoms with Crippen molar-refractivity contribution in [2.45, 2.75) is 77.2 Å². The van der Waals surface area contributed by atoms with E-state index in [1.807, 2.05) is 30.3 Å². The molecular formula is C18H30O. The monoisotopic (exact) mass is 262 g/mol. The highest BCUT2D eigenvalue weighted by Crippen LogP contribution is 2.19. The third-order valence-electron chi connectivity index (χ3n) is 3.77. The van der Waals surface area contributed by atoms with Gasteiger partial charge in [0.1, 0.15) is 0 Å². The van der Waals surface area contributed by atoms with Crippen molar-refractivity contribution in [1.29, 1.82) is 0 Å². The molecule has 19 heavy (non-hydrogen) atoms. The summed E-state index contributed by atoms with van der Waals surface area (Å²) in [4.78, 5) is 0. The van der Waals surface area contributed by atoms with Gasteiger partial charge in [-0.25, -0.2) is 0 Å². The van der Waals surface area contributed by atoms with Crippen LogP contribution < -0.4 is 0 Å². The molecule has 0 aliphatic carbocycles. The van der Waals surface area contributed by atoms with Gasteiger partial charge < -0.3 is 5.11 Å². The van der Waals surface area contributed by atoms with Gasteiger partial charge in [-0.05, 0) is 12.0 Å². The topological polar surface area (TPSA) is 20.2 Å². The van der Waals surface area contributed by atoms with E-state index in [1.165, 1.54) is 51.4 Å². The summed E-state index contributed by atoms with van der Waals surface area (Å²) in [6.07, 6.45) is 12.7. The van der Waals surface area contributed by atoms with Crippen LogP contribution >= 0.6 is 0 Å². The van der Waals surface area contributed by atoms with Crippen LogP contribution in [0.3, 0.4) is 0 Å². The molecule has 0 heterocycles. The average Bonchev–Trinajstić information content (AvgIpc) is 2.46. The fourth-order valence-corrected chi connectivity index (χ4v) is 2.49. The van der Waals surface area contributed by atoms with Gasteiger partial charge in [0.15, 0.2) is 0 Å². The van der Waals surface area contributed by atoms with E-state index in [-0.39, 0.29) is 6.10 Å². The summed E-state index contributed by atoms with van der Waals surface area (Å²) in [5.41, 5.74) is 1.06. The zero-order valence-electron chi connectivity index (χ0n) is 12.5. The first kappa shape index (κ1) is 16.2. The Balaban J connectivity index is 1.93. The first-order valence-corrected chi connectivity index (χ1v) is 8.07. The van der Waals surface area contributed by atoms with Gasteiger partial charge in [-0.15, -0.1) is 0 Å². The van der Waals surface area contributed by atoms with Crippen molar-refractivity contribution in [2.24, 2.45) is 0 Å². The van der Waals surface area contributed by atoms with Crippen LogP contribution in [0.15, 0.2) is 30.3 Å². The van der Waals surface area contributed by atoms with Crippen LogP contribution in [-0.2, 0) is 0 Å². The van der Waals surface area contributed by atoms with E-state index in [9.17, 15) is 5.11 Å². The van der Waals surface area contributed by atoms with Crippen LogP contribution in [0.1, 0.15) is 82.8 Å². The molecule has 0 aromatic heterocycles. The molecule has 1 N–H and O–H groups in total. The molecule has 0 fully saturated rings. The second-order valence-corrected chi connectivity index (χ2v) is 5.54. The zero-order valence-corrected chi connectivity index (χ0v) is 12.5. The van der Waals surface area contributed by atoms with E-state index in [2.05, 4.69) is 6.92 Å². The number of benzene rings is 1. The lowest BCUT2D eigenvalue weighted by atomic mass is 10.0.